The predicted molar refractivity (Wildman–Crippen MR) is 96.6 cm³/mol. The van der Waals surface area contributed by atoms with Gasteiger partial charge in [-0.05, 0) is 49.1 Å². The molecule has 26 heavy (non-hydrogen) atoms. The molecule has 1 fully saturated rings. The number of aryl methyl sites for hydroxylation is 3. The summed E-state index contributed by atoms with van der Waals surface area (Å²) in [4.78, 5) is 26.4. The minimum absolute atomic E-state index is 0.0623. The average Bonchev–Trinajstić information content (AvgIpc) is 3.06. The normalized spacial score (nSPS) is 16.7. The largest absolute Gasteiger partial charge is 0.497 e. The first-order chi connectivity index (χ1) is 12.5. The molecule has 0 aliphatic carbocycles. The molecule has 6 heteroatoms. The van der Waals surface area contributed by atoms with Gasteiger partial charge in [0.1, 0.15) is 17.1 Å². The van der Waals surface area contributed by atoms with Crippen molar-refractivity contribution in [3.63, 3.8) is 0 Å². The number of aliphatic hydroxyl groups is 1. The highest BCUT2D eigenvalue weighted by Gasteiger charge is 2.28. The minimum Gasteiger partial charge on any atom is -0.497 e. The van der Waals surface area contributed by atoms with Gasteiger partial charge in [-0.3, -0.25) is 4.79 Å². The van der Waals surface area contributed by atoms with Crippen molar-refractivity contribution in [2.45, 2.75) is 32.3 Å². The molecule has 2 heterocycles. The van der Waals surface area contributed by atoms with E-state index in [0.29, 0.717) is 30.7 Å². The highest BCUT2D eigenvalue weighted by atomic mass is 16.5. The van der Waals surface area contributed by atoms with E-state index in [1.54, 1.807) is 20.1 Å². The zero-order valence-corrected chi connectivity index (χ0v) is 15.0. The predicted octanol–water partition coefficient (Wildman–Crippen LogP) is 1.95. The molecule has 3 rings (SSSR count). The molecule has 1 aliphatic heterocycles. The summed E-state index contributed by atoms with van der Waals surface area (Å²) >= 11 is 0. The Bertz CT molecular complexity index is 840. The summed E-state index contributed by atoms with van der Waals surface area (Å²) in [6.07, 6.45) is 1.31. The fraction of sp³-hybridized carbons (Fsp3) is 0.400. The Morgan fingerprint density at radius 2 is 2.04 bits per heavy atom. The third-order valence-electron chi connectivity index (χ3n) is 4.68. The number of carbonyl (C=O) groups excluding carboxylic acids is 1. The summed E-state index contributed by atoms with van der Waals surface area (Å²) in [6, 6.07) is 9.48. The zero-order chi connectivity index (χ0) is 18.7. The number of ether oxygens (including phenoxy) is 1. The average molecular weight is 357 g/mol. The van der Waals surface area contributed by atoms with E-state index >= 15 is 0 Å². The van der Waals surface area contributed by atoms with E-state index in [4.69, 9.17) is 9.15 Å². The van der Waals surface area contributed by atoms with Crippen LogP contribution in [0.15, 0.2) is 39.5 Å². The molecular formula is C20H23NO5. The van der Waals surface area contributed by atoms with Crippen molar-refractivity contribution in [1.29, 1.82) is 0 Å². The molecule has 2 aromatic rings. The summed E-state index contributed by atoms with van der Waals surface area (Å²) in [5.41, 5.74) is 1.17. The molecule has 0 bridgehead atoms. The van der Waals surface area contributed by atoms with E-state index in [2.05, 4.69) is 0 Å². The van der Waals surface area contributed by atoms with Gasteiger partial charge in [-0.15, -0.1) is 0 Å². The van der Waals surface area contributed by atoms with Crippen molar-refractivity contribution in [1.82, 2.24) is 4.90 Å². The number of benzene rings is 1. The van der Waals surface area contributed by atoms with E-state index in [-0.39, 0.29) is 18.0 Å². The number of amides is 1. The van der Waals surface area contributed by atoms with Crippen LogP contribution in [0.3, 0.4) is 0 Å². The number of aliphatic hydroxyl groups excluding tert-OH is 1. The molecule has 1 aromatic carbocycles. The minimum atomic E-state index is -0.610. The van der Waals surface area contributed by atoms with Crippen LogP contribution in [0.25, 0.3) is 0 Å². The summed E-state index contributed by atoms with van der Waals surface area (Å²) in [7, 11) is 1.62. The molecule has 0 saturated carbocycles. The second-order valence-corrected chi connectivity index (χ2v) is 6.60. The standard InChI is InChI=1S/C20H23NO5/c1-13-11-17(8-5-14-3-6-16(25-2)7-4-14)26-20(24)18(13)19(23)21-10-9-15(22)12-21/h3-4,6-7,11,15,22H,5,8-10,12H2,1-2H3/t15-/m1/s1. The first kappa shape index (κ1) is 18.2. The number of hydrogen-bond acceptors (Lipinski definition) is 5. The number of carbonyl (C=O) groups is 1. The molecule has 6 nitrogen and oxygen atoms in total. The van der Waals surface area contributed by atoms with E-state index in [1.807, 2.05) is 24.3 Å². The van der Waals surface area contributed by atoms with Crippen LogP contribution in [0.1, 0.15) is 33.7 Å². The second-order valence-electron chi connectivity index (χ2n) is 6.60. The van der Waals surface area contributed by atoms with Crippen LogP contribution in [0, 0.1) is 6.92 Å². The Labute approximate surface area is 152 Å². The molecule has 0 spiro atoms. The van der Waals surface area contributed by atoms with Gasteiger partial charge < -0.3 is 19.2 Å². The van der Waals surface area contributed by atoms with Gasteiger partial charge in [-0.25, -0.2) is 4.79 Å². The molecule has 1 saturated heterocycles. The number of hydrogen-bond donors (Lipinski definition) is 1. The van der Waals surface area contributed by atoms with Crippen molar-refractivity contribution in [3.8, 4) is 5.75 Å². The van der Waals surface area contributed by atoms with Gasteiger partial charge in [0.05, 0.1) is 13.2 Å². The molecular weight excluding hydrogens is 334 g/mol. The van der Waals surface area contributed by atoms with E-state index < -0.39 is 11.7 Å². The lowest BCUT2D eigenvalue weighted by molar-refractivity contribution is 0.0759. The third kappa shape index (κ3) is 3.96. The van der Waals surface area contributed by atoms with Crippen molar-refractivity contribution in [2.24, 2.45) is 0 Å². The highest BCUT2D eigenvalue weighted by Crippen LogP contribution is 2.17. The van der Waals surface area contributed by atoms with Crippen LogP contribution in [0.5, 0.6) is 5.75 Å². The Balaban J connectivity index is 1.72. The first-order valence-electron chi connectivity index (χ1n) is 8.72. The maximum atomic E-state index is 12.5. The number of rotatable bonds is 5. The topological polar surface area (TPSA) is 80.0 Å². The fourth-order valence-corrected chi connectivity index (χ4v) is 3.20. The van der Waals surface area contributed by atoms with Crippen molar-refractivity contribution in [2.75, 3.05) is 20.2 Å². The van der Waals surface area contributed by atoms with Gasteiger partial charge in [0.25, 0.3) is 5.91 Å². The Morgan fingerprint density at radius 3 is 2.62 bits per heavy atom. The zero-order valence-electron chi connectivity index (χ0n) is 15.0. The van der Waals surface area contributed by atoms with Crippen LogP contribution < -0.4 is 10.4 Å². The molecule has 1 amide bonds. The molecule has 1 N–H and O–H groups in total. The van der Waals surface area contributed by atoms with E-state index in [1.165, 1.54) is 4.90 Å². The molecule has 138 valence electrons. The lowest BCUT2D eigenvalue weighted by Gasteiger charge is -2.16. The molecule has 1 aliphatic rings. The summed E-state index contributed by atoms with van der Waals surface area (Å²) in [6.45, 7) is 2.46. The number of β-amino-alcohol motifs (C(OH)–C–C–N with tert-alkyl or cyclic N) is 1. The molecule has 0 unspecified atom stereocenters. The van der Waals surface area contributed by atoms with E-state index in [9.17, 15) is 14.7 Å². The van der Waals surface area contributed by atoms with E-state index in [0.717, 1.165) is 17.7 Å². The third-order valence-corrected chi connectivity index (χ3v) is 4.68. The van der Waals surface area contributed by atoms with Crippen LogP contribution in [0.2, 0.25) is 0 Å². The summed E-state index contributed by atoms with van der Waals surface area (Å²) in [5.74, 6) is 0.988. The summed E-state index contributed by atoms with van der Waals surface area (Å²) in [5, 5.41) is 9.59. The van der Waals surface area contributed by atoms with Crippen molar-refractivity contribution in [3.05, 3.63) is 63.2 Å². The number of nitrogens with zero attached hydrogens (tertiary/aromatic N) is 1. The van der Waals surface area contributed by atoms with Gasteiger partial charge in [-0.2, -0.15) is 0 Å². The molecule has 1 atom stereocenters. The van der Waals surface area contributed by atoms with Crippen LogP contribution in [0.4, 0.5) is 0 Å². The van der Waals surface area contributed by atoms with Crippen molar-refractivity contribution < 1.29 is 19.1 Å². The van der Waals surface area contributed by atoms with Gasteiger partial charge in [-0.1, -0.05) is 12.1 Å². The number of likely N-dealkylation sites (tertiary alicyclic amines) is 1. The maximum Gasteiger partial charge on any atom is 0.349 e. The summed E-state index contributed by atoms with van der Waals surface area (Å²) < 4.78 is 10.5. The van der Waals surface area contributed by atoms with Gasteiger partial charge in [0.15, 0.2) is 0 Å². The lowest BCUT2D eigenvalue weighted by atomic mass is 10.1. The van der Waals surface area contributed by atoms with Gasteiger partial charge >= 0.3 is 5.63 Å². The van der Waals surface area contributed by atoms with Crippen LogP contribution in [-0.4, -0.2) is 42.2 Å². The molecule has 1 aromatic heterocycles. The van der Waals surface area contributed by atoms with Crippen LogP contribution >= 0.6 is 0 Å². The fourth-order valence-electron chi connectivity index (χ4n) is 3.20. The molecule has 0 radical (unpaired) electrons. The SMILES string of the molecule is COc1ccc(CCc2cc(C)c(C(=O)N3CC[C@@H](O)C3)c(=O)o2)cc1. The first-order valence-corrected chi connectivity index (χ1v) is 8.72. The Morgan fingerprint density at radius 1 is 1.31 bits per heavy atom. The highest BCUT2D eigenvalue weighted by molar-refractivity contribution is 5.95. The lowest BCUT2D eigenvalue weighted by Crippen LogP contribution is -2.33. The second kappa shape index (κ2) is 7.74. The van der Waals surface area contributed by atoms with Gasteiger partial charge in [0, 0.05) is 19.5 Å². The smallest absolute Gasteiger partial charge is 0.349 e. The van der Waals surface area contributed by atoms with Crippen LogP contribution in [-0.2, 0) is 12.8 Å². The number of methoxy groups -OCH3 is 1. The quantitative estimate of drug-likeness (QED) is 0.885. The van der Waals surface area contributed by atoms with Gasteiger partial charge in [0.2, 0.25) is 0 Å². The Kier molecular flexibility index (Phi) is 5.42. The van der Waals surface area contributed by atoms with Crippen molar-refractivity contribution >= 4 is 5.91 Å². The maximum absolute atomic E-state index is 12.5. The monoisotopic (exact) mass is 357 g/mol. The Hall–Kier alpha value is -2.60.